The Balaban J connectivity index is 1.76. The van der Waals surface area contributed by atoms with E-state index in [-0.39, 0.29) is 17.7 Å². The van der Waals surface area contributed by atoms with Crippen molar-refractivity contribution in [2.75, 3.05) is 0 Å². The van der Waals surface area contributed by atoms with E-state index in [0.29, 0.717) is 5.56 Å². The molecule has 1 saturated heterocycles. The molecule has 0 radical (unpaired) electrons. The summed E-state index contributed by atoms with van der Waals surface area (Å²) in [7, 11) is -1.72. The lowest BCUT2D eigenvalue weighted by Gasteiger charge is -2.29. The summed E-state index contributed by atoms with van der Waals surface area (Å²) in [5.74, 6) is -7.83. The van der Waals surface area contributed by atoms with E-state index >= 15 is 0 Å². The molecule has 0 aliphatic carbocycles. The van der Waals surface area contributed by atoms with Gasteiger partial charge in [-0.25, -0.2) is 9.59 Å². The maximum atomic E-state index is 12.7. The molecule has 0 aromatic heterocycles. The molecule has 1 unspecified atom stereocenters. The fraction of sp³-hybridized carbons (Fsp3) is 0.500. The fourth-order valence-electron chi connectivity index (χ4n) is 3.29. The summed E-state index contributed by atoms with van der Waals surface area (Å²) >= 11 is 0. The van der Waals surface area contributed by atoms with Gasteiger partial charge >= 0.3 is 31.0 Å². The Morgan fingerprint density at radius 2 is 2.00 bits per heavy atom. The summed E-state index contributed by atoms with van der Waals surface area (Å²) in [5, 5.41) is 12.2. The molecule has 31 heavy (non-hydrogen) atoms. The first kappa shape index (κ1) is 22.9. The largest absolute Gasteiger partial charge is 0.547 e. The van der Waals surface area contributed by atoms with E-state index in [2.05, 4.69) is 5.32 Å². The Labute approximate surface area is 174 Å². The highest BCUT2D eigenvalue weighted by Crippen LogP contribution is 2.36. The summed E-state index contributed by atoms with van der Waals surface area (Å²) in [6.07, 6.45) is -6.52. The van der Waals surface area contributed by atoms with Crippen LogP contribution < -0.4 is 9.97 Å². The first-order valence-corrected chi connectivity index (χ1v) is 9.19. The Kier molecular flexibility index (Phi) is 5.70. The number of hydrogen-bond acceptors (Lipinski definition) is 8. The van der Waals surface area contributed by atoms with Gasteiger partial charge in [-0.3, -0.25) is 9.53 Å². The van der Waals surface area contributed by atoms with Crippen molar-refractivity contribution in [3.8, 4) is 5.75 Å². The molecule has 9 nitrogen and oxygen atoms in total. The summed E-state index contributed by atoms with van der Waals surface area (Å²) in [6, 6.07) is 4.27. The smallest absolute Gasteiger partial charge is 0.534 e. The minimum absolute atomic E-state index is 0.0875. The van der Waals surface area contributed by atoms with Crippen LogP contribution in [0.4, 0.5) is 13.2 Å². The van der Waals surface area contributed by atoms with Gasteiger partial charge in [0.15, 0.2) is 0 Å². The number of halogens is 3. The average molecular weight is 445 g/mol. The molecule has 0 saturated carbocycles. The number of carbonyl (C=O) groups excluding carboxylic acids is 3. The van der Waals surface area contributed by atoms with Gasteiger partial charge in [0.25, 0.3) is 0 Å². The van der Waals surface area contributed by atoms with Crippen LogP contribution in [0.5, 0.6) is 5.75 Å². The monoisotopic (exact) mass is 445 g/mol. The summed E-state index contributed by atoms with van der Waals surface area (Å²) in [5.41, 5.74) is 0.177. The molecule has 3 rings (SSSR count). The molecule has 1 amide bonds. The molecule has 2 heterocycles. The Hall–Kier alpha value is -2.80. The number of benzene rings is 1. The van der Waals surface area contributed by atoms with Crippen molar-refractivity contribution in [3.05, 3.63) is 29.3 Å². The Bertz CT molecular complexity index is 922. The third-order valence-corrected chi connectivity index (χ3v) is 4.48. The number of ether oxygens (including phenoxy) is 3. The lowest BCUT2D eigenvalue weighted by atomic mass is 9.72. The Morgan fingerprint density at radius 3 is 2.58 bits per heavy atom. The van der Waals surface area contributed by atoms with Gasteiger partial charge in [0.2, 0.25) is 11.7 Å². The third-order valence-electron chi connectivity index (χ3n) is 4.48. The zero-order valence-corrected chi connectivity index (χ0v) is 16.7. The number of amides is 1. The van der Waals surface area contributed by atoms with Crippen LogP contribution in [0.25, 0.3) is 0 Å². The van der Waals surface area contributed by atoms with Gasteiger partial charge < -0.3 is 24.5 Å². The van der Waals surface area contributed by atoms with Crippen molar-refractivity contribution in [1.82, 2.24) is 5.32 Å². The van der Waals surface area contributed by atoms with Crippen LogP contribution in [0.2, 0.25) is 0 Å². The number of para-hydroxylation sites is 1. The molecule has 168 valence electrons. The molecule has 1 aromatic rings. The number of nitrogens with one attached hydrogen (secondary N) is 1. The van der Waals surface area contributed by atoms with Gasteiger partial charge in [0.1, 0.15) is 17.7 Å². The van der Waals surface area contributed by atoms with Gasteiger partial charge in [-0.2, -0.15) is 13.2 Å². The first-order valence-electron chi connectivity index (χ1n) is 9.19. The van der Waals surface area contributed by atoms with Gasteiger partial charge in [-0.05, 0) is 18.1 Å². The summed E-state index contributed by atoms with van der Waals surface area (Å²) < 4.78 is 57.9. The minimum atomic E-state index is -4.70. The van der Waals surface area contributed by atoms with Crippen molar-refractivity contribution < 1.29 is 51.4 Å². The molecule has 2 aliphatic rings. The van der Waals surface area contributed by atoms with E-state index in [1.807, 2.05) is 0 Å². The van der Waals surface area contributed by atoms with Crippen LogP contribution in [0, 0.1) is 0 Å². The highest BCUT2D eigenvalue weighted by Gasteiger charge is 2.54. The first-order chi connectivity index (χ1) is 14.2. The number of fused-ring (bicyclic) bond motifs is 1. The van der Waals surface area contributed by atoms with Crippen molar-refractivity contribution in [3.63, 3.8) is 0 Å². The minimum Gasteiger partial charge on any atom is -0.534 e. The molecule has 1 aromatic carbocycles. The predicted octanol–water partition coefficient (Wildman–Crippen LogP) is 1.26. The second kappa shape index (κ2) is 7.72. The van der Waals surface area contributed by atoms with E-state index in [1.54, 1.807) is 0 Å². The SMILES string of the molecule is CC1(C)OC(=O)C(C)(OC(=O)c2cccc3c2OB(O)[C@@H](NC(=O)CC(F)(F)F)C3)O1. The van der Waals surface area contributed by atoms with E-state index in [9.17, 15) is 32.6 Å². The normalized spacial score (nSPS) is 24.7. The van der Waals surface area contributed by atoms with E-state index < -0.39 is 55.1 Å². The number of alkyl halides is 3. The third kappa shape index (κ3) is 5.10. The van der Waals surface area contributed by atoms with Crippen LogP contribution in [-0.2, 0) is 30.2 Å². The maximum Gasteiger partial charge on any atom is 0.547 e. The molecule has 0 bridgehead atoms. The maximum absolute atomic E-state index is 12.7. The molecular weight excluding hydrogens is 426 g/mol. The van der Waals surface area contributed by atoms with E-state index in [0.717, 1.165) is 0 Å². The second-order valence-corrected chi connectivity index (χ2v) is 7.70. The number of hydrogen-bond donors (Lipinski definition) is 2. The van der Waals surface area contributed by atoms with Crippen LogP contribution in [0.3, 0.4) is 0 Å². The number of cyclic esters (lactones) is 1. The summed E-state index contributed by atoms with van der Waals surface area (Å²) in [4.78, 5) is 36.3. The standard InChI is InChI=1S/C18H19BF3NO8/c1-16(2)29-15(26)17(3,31-16)28-14(25)10-6-4-5-9-7-11(19(27)30-13(9)10)23-12(24)8-18(20,21)22/h4-6,11,27H,7-8H2,1-3H3,(H,23,24)/t11-,17?/m0/s1. The topological polar surface area (TPSA) is 120 Å². The van der Waals surface area contributed by atoms with Crippen LogP contribution in [-0.4, -0.2) is 53.7 Å². The molecule has 1 fully saturated rings. The van der Waals surface area contributed by atoms with Crippen LogP contribution in [0.1, 0.15) is 43.1 Å². The van der Waals surface area contributed by atoms with Crippen LogP contribution in [0.15, 0.2) is 18.2 Å². The fourth-order valence-corrected chi connectivity index (χ4v) is 3.29. The van der Waals surface area contributed by atoms with Crippen molar-refractivity contribution in [2.24, 2.45) is 0 Å². The van der Waals surface area contributed by atoms with Gasteiger partial charge in [0, 0.05) is 20.8 Å². The molecule has 13 heteroatoms. The zero-order chi connectivity index (χ0) is 23.2. The van der Waals surface area contributed by atoms with Crippen LogP contribution >= 0.6 is 0 Å². The van der Waals surface area contributed by atoms with E-state index in [4.69, 9.17) is 18.9 Å². The molecule has 0 spiro atoms. The van der Waals surface area contributed by atoms with Gasteiger partial charge in [-0.1, -0.05) is 12.1 Å². The second-order valence-electron chi connectivity index (χ2n) is 7.70. The number of carbonyl (C=O) groups is 3. The van der Waals surface area contributed by atoms with Crippen molar-refractivity contribution in [2.45, 2.75) is 57.3 Å². The lowest BCUT2D eigenvalue weighted by molar-refractivity contribution is -0.221. The predicted molar refractivity (Wildman–Crippen MR) is 96.4 cm³/mol. The molecule has 2 atom stereocenters. The quantitative estimate of drug-likeness (QED) is 0.525. The summed E-state index contributed by atoms with van der Waals surface area (Å²) in [6.45, 7) is 4.13. The van der Waals surface area contributed by atoms with Gasteiger partial charge in [0.05, 0.1) is 5.94 Å². The number of esters is 2. The lowest BCUT2D eigenvalue weighted by Crippen LogP contribution is -2.53. The zero-order valence-electron chi connectivity index (χ0n) is 16.7. The number of rotatable bonds is 4. The average Bonchev–Trinajstić information content (AvgIpc) is 2.79. The van der Waals surface area contributed by atoms with Crippen molar-refractivity contribution in [1.29, 1.82) is 0 Å². The molecule has 2 aliphatic heterocycles. The molecular formula is C18H19BF3NO8. The highest BCUT2D eigenvalue weighted by atomic mass is 19.4. The van der Waals surface area contributed by atoms with Crippen molar-refractivity contribution >= 4 is 25.0 Å². The van der Waals surface area contributed by atoms with Gasteiger partial charge in [-0.15, -0.1) is 0 Å². The molecule has 2 N–H and O–H groups in total. The van der Waals surface area contributed by atoms with E-state index in [1.165, 1.54) is 39.0 Å². The Morgan fingerprint density at radius 1 is 1.32 bits per heavy atom. The highest BCUT2D eigenvalue weighted by molar-refractivity contribution is 6.47.